The SMILES string of the molecule is COC(=O)c1sc(NCc2ccccc2)c(C2CC2)c1N. The van der Waals surface area contributed by atoms with Crippen molar-refractivity contribution >= 4 is 28.0 Å². The standard InChI is InChI=1S/C16H18N2O2S/c1-20-16(19)14-13(17)12(11-7-8-11)15(21-14)18-9-10-5-3-2-4-6-10/h2-6,11,18H,7-9,17H2,1H3. The van der Waals surface area contributed by atoms with E-state index in [9.17, 15) is 4.79 Å². The van der Waals surface area contributed by atoms with Crippen molar-refractivity contribution in [3.05, 3.63) is 46.3 Å². The van der Waals surface area contributed by atoms with Crippen LogP contribution in [0, 0.1) is 0 Å². The molecule has 0 unspecified atom stereocenters. The van der Waals surface area contributed by atoms with Crippen LogP contribution in [0.4, 0.5) is 10.7 Å². The lowest BCUT2D eigenvalue weighted by atomic mass is 10.1. The summed E-state index contributed by atoms with van der Waals surface area (Å²) in [6.45, 7) is 0.723. The molecule has 5 heteroatoms. The number of thiophene rings is 1. The molecule has 0 atom stereocenters. The zero-order valence-electron chi connectivity index (χ0n) is 11.9. The van der Waals surface area contributed by atoms with Gasteiger partial charge in [-0.05, 0) is 24.3 Å². The first kappa shape index (κ1) is 13.9. The van der Waals surface area contributed by atoms with Crippen molar-refractivity contribution in [2.75, 3.05) is 18.2 Å². The normalized spacial score (nSPS) is 14.0. The second kappa shape index (κ2) is 5.77. The number of nitrogens with two attached hydrogens (primary N) is 1. The summed E-state index contributed by atoms with van der Waals surface area (Å²) in [5.41, 5.74) is 9.04. The first-order valence-electron chi connectivity index (χ1n) is 6.99. The molecule has 1 aromatic heterocycles. The van der Waals surface area contributed by atoms with E-state index in [1.807, 2.05) is 18.2 Å². The lowest BCUT2D eigenvalue weighted by Crippen LogP contribution is -2.03. The second-order valence-electron chi connectivity index (χ2n) is 5.19. The Bertz CT molecular complexity index is 648. The number of hydrogen-bond donors (Lipinski definition) is 2. The number of carbonyl (C=O) groups excluding carboxylic acids is 1. The van der Waals surface area contributed by atoms with E-state index in [1.54, 1.807) is 0 Å². The Kier molecular flexibility index (Phi) is 3.84. The van der Waals surface area contributed by atoms with E-state index in [0.717, 1.165) is 30.0 Å². The van der Waals surface area contributed by atoms with Gasteiger partial charge in [0.2, 0.25) is 0 Å². The molecular weight excluding hydrogens is 284 g/mol. The molecule has 110 valence electrons. The third kappa shape index (κ3) is 2.88. The Morgan fingerprint density at radius 2 is 2.10 bits per heavy atom. The van der Waals surface area contributed by atoms with Crippen molar-refractivity contribution in [2.24, 2.45) is 0 Å². The fourth-order valence-corrected chi connectivity index (χ4v) is 3.51. The first-order valence-corrected chi connectivity index (χ1v) is 7.80. The summed E-state index contributed by atoms with van der Waals surface area (Å²) in [6, 6.07) is 10.2. The highest BCUT2D eigenvalue weighted by atomic mass is 32.1. The molecule has 1 aliphatic carbocycles. The average Bonchev–Trinajstić information content (AvgIpc) is 3.29. The monoisotopic (exact) mass is 302 g/mol. The van der Waals surface area contributed by atoms with Crippen molar-refractivity contribution < 1.29 is 9.53 Å². The number of carbonyl (C=O) groups is 1. The predicted molar refractivity (Wildman–Crippen MR) is 85.8 cm³/mol. The van der Waals surface area contributed by atoms with Gasteiger partial charge in [0.15, 0.2) is 0 Å². The van der Waals surface area contributed by atoms with Gasteiger partial charge < -0.3 is 15.8 Å². The number of rotatable bonds is 5. The van der Waals surface area contributed by atoms with Gasteiger partial charge in [0, 0.05) is 12.1 Å². The lowest BCUT2D eigenvalue weighted by Gasteiger charge is -2.07. The van der Waals surface area contributed by atoms with E-state index in [-0.39, 0.29) is 5.97 Å². The average molecular weight is 302 g/mol. The summed E-state index contributed by atoms with van der Waals surface area (Å²) in [7, 11) is 1.38. The van der Waals surface area contributed by atoms with Gasteiger partial charge in [0.25, 0.3) is 0 Å². The van der Waals surface area contributed by atoms with Gasteiger partial charge in [-0.3, -0.25) is 0 Å². The van der Waals surface area contributed by atoms with Gasteiger partial charge in [-0.25, -0.2) is 4.79 Å². The van der Waals surface area contributed by atoms with Gasteiger partial charge in [0.1, 0.15) is 4.88 Å². The Hall–Kier alpha value is -2.01. The smallest absolute Gasteiger partial charge is 0.350 e. The Balaban J connectivity index is 1.85. The fraction of sp³-hybridized carbons (Fsp3) is 0.312. The third-order valence-electron chi connectivity index (χ3n) is 3.64. The van der Waals surface area contributed by atoms with Gasteiger partial charge >= 0.3 is 5.97 Å². The number of hydrogen-bond acceptors (Lipinski definition) is 5. The van der Waals surface area contributed by atoms with E-state index in [1.165, 1.54) is 24.0 Å². The summed E-state index contributed by atoms with van der Waals surface area (Å²) >= 11 is 1.40. The van der Waals surface area contributed by atoms with Crippen LogP contribution in [-0.2, 0) is 11.3 Å². The van der Waals surface area contributed by atoms with Crippen LogP contribution < -0.4 is 11.1 Å². The predicted octanol–water partition coefficient (Wildman–Crippen LogP) is 3.61. The summed E-state index contributed by atoms with van der Waals surface area (Å²) in [4.78, 5) is 12.3. The van der Waals surface area contributed by atoms with E-state index in [4.69, 9.17) is 10.5 Å². The summed E-state index contributed by atoms with van der Waals surface area (Å²) in [6.07, 6.45) is 2.28. The van der Waals surface area contributed by atoms with Crippen LogP contribution in [-0.4, -0.2) is 13.1 Å². The summed E-state index contributed by atoms with van der Waals surface area (Å²) in [5, 5.41) is 4.42. The number of nitrogens with one attached hydrogen (secondary N) is 1. The van der Waals surface area contributed by atoms with Crippen molar-refractivity contribution in [3.8, 4) is 0 Å². The molecule has 0 aliphatic heterocycles. The zero-order chi connectivity index (χ0) is 14.8. The largest absolute Gasteiger partial charge is 0.465 e. The van der Waals surface area contributed by atoms with Gasteiger partial charge in [0.05, 0.1) is 17.8 Å². The summed E-state index contributed by atoms with van der Waals surface area (Å²) < 4.78 is 4.81. The Morgan fingerprint density at radius 1 is 1.38 bits per heavy atom. The van der Waals surface area contributed by atoms with Crippen LogP contribution in [0.15, 0.2) is 30.3 Å². The number of anilines is 2. The maximum atomic E-state index is 11.8. The second-order valence-corrected chi connectivity index (χ2v) is 6.21. The van der Waals surface area contributed by atoms with Crippen LogP contribution in [0.3, 0.4) is 0 Å². The molecule has 21 heavy (non-hydrogen) atoms. The Labute approximate surface area is 127 Å². The maximum Gasteiger partial charge on any atom is 0.350 e. The van der Waals surface area contributed by atoms with Crippen LogP contribution >= 0.6 is 11.3 Å². The van der Waals surface area contributed by atoms with Crippen LogP contribution in [0.5, 0.6) is 0 Å². The molecule has 3 N–H and O–H groups in total. The molecule has 4 nitrogen and oxygen atoms in total. The Morgan fingerprint density at radius 3 is 2.71 bits per heavy atom. The van der Waals surface area contributed by atoms with Gasteiger partial charge in [-0.1, -0.05) is 30.3 Å². The van der Waals surface area contributed by atoms with Crippen LogP contribution in [0.25, 0.3) is 0 Å². The highest BCUT2D eigenvalue weighted by Crippen LogP contribution is 2.51. The van der Waals surface area contributed by atoms with Crippen molar-refractivity contribution in [1.29, 1.82) is 0 Å². The molecule has 1 aliphatic rings. The van der Waals surface area contributed by atoms with Crippen LogP contribution in [0.1, 0.15) is 39.6 Å². The third-order valence-corrected chi connectivity index (χ3v) is 4.79. The molecule has 0 amide bonds. The molecule has 0 bridgehead atoms. The molecule has 2 aromatic rings. The van der Waals surface area contributed by atoms with Gasteiger partial charge in [-0.15, -0.1) is 11.3 Å². The highest BCUT2D eigenvalue weighted by molar-refractivity contribution is 7.18. The highest BCUT2D eigenvalue weighted by Gasteiger charge is 2.33. The zero-order valence-corrected chi connectivity index (χ0v) is 12.7. The quantitative estimate of drug-likeness (QED) is 0.828. The van der Waals surface area contributed by atoms with E-state index in [2.05, 4.69) is 17.4 Å². The van der Waals surface area contributed by atoms with E-state index in [0.29, 0.717) is 16.5 Å². The minimum Gasteiger partial charge on any atom is -0.465 e. The van der Waals surface area contributed by atoms with Crippen molar-refractivity contribution in [2.45, 2.75) is 25.3 Å². The van der Waals surface area contributed by atoms with Crippen molar-refractivity contribution in [1.82, 2.24) is 0 Å². The number of esters is 1. The molecule has 0 radical (unpaired) electrons. The maximum absolute atomic E-state index is 11.8. The molecule has 1 aromatic carbocycles. The first-order chi connectivity index (χ1) is 10.2. The molecule has 1 fully saturated rings. The molecule has 0 spiro atoms. The molecular formula is C16H18N2O2S. The number of methoxy groups -OCH3 is 1. The van der Waals surface area contributed by atoms with Crippen LogP contribution in [0.2, 0.25) is 0 Å². The van der Waals surface area contributed by atoms with E-state index < -0.39 is 0 Å². The van der Waals surface area contributed by atoms with Crippen molar-refractivity contribution in [3.63, 3.8) is 0 Å². The number of ether oxygens (including phenoxy) is 1. The van der Waals surface area contributed by atoms with Gasteiger partial charge in [-0.2, -0.15) is 0 Å². The lowest BCUT2D eigenvalue weighted by molar-refractivity contribution is 0.0607. The summed E-state index contributed by atoms with van der Waals surface area (Å²) in [5.74, 6) is 0.130. The minimum absolute atomic E-state index is 0.354. The number of benzene rings is 1. The fourth-order valence-electron chi connectivity index (χ4n) is 2.39. The molecule has 0 saturated heterocycles. The number of nitrogen functional groups attached to an aromatic ring is 1. The molecule has 1 heterocycles. The topological polar surface area (TPSA) is 64.3 Å². The minimum atomic E-state index is -0.354. The molecule has 3 rings (SSSR count). The molecule has 1 saturated carbocycles. The van der Waals surface area contributed by atoms with E-state index >= 15 is 0 Å².